The number of benzene rings is 1. The van der Waals surface area contributed by atoms with Crippen molar-refractivity contribution in [3.05, 3.63) is 29.3 Å². The van der Waals surface area contributed by atoms with E-state index in [2.05, 4.69) is 10.6 Å². The second kappa shape index (κ2) is 6.51. The van der Waals surface area contributed by atoms with Gasteiger partial charge in [0.1, 0.15) is 5.41 Å². The van der Waals surface area contributed by atoms with Gasteiger partial charge >= 0.3 is 0 Å². The highest BCUT2D eigenvalue weighted by molar-refractivity contribution is 6.10. The van der Waals surface area contributed by atoms with Crippen LogP contribution in [-0.2, 0) is 16.0 Å². The van der Waals surface area contributed by atoms with Crippen LogP contribution in [0.3, 0.4) is 0 Å². The van der Waals surface area contributed by atoms with Crippen molar-refractivity contribution in [3.8, 4) is 0 Å². The van der Waals surface area contributed by atoms with Gasteiger partial charge in [-0.3, -0.25) is 9.59 Å². The quantitative estimate of drug-likeness (QED) is 0.837. The molecule has 0 aliphatic rings. The molecule has 0 saturated carbocycles. The van der Waals surface area contributed by atoms with Gasteiger partial charge in [0.05, 0.1) is 0 Å². The fourth-order valence-electron chi connectivity index (χ4n) is 2.07. The van der Waals surface area contributed by atoms with Gasteiger partial charge in [-0.25, -0.2) is 0 Å². The van der Waals surface area contributed by atoms with E-state index in [1.165, 1.54) is 0 Å². The first-order valence-electron chi connectivity index (χ1n) is 7.71. The van der Waals surface area contributed by atoms with Gasteiger partial charge in [0.2, 0.25) is 11.8 Å². The Balaban J connectivity index is 2.99. The Kier molecular flexibility index (Phi) is 5.39. The van der Waals surface area contributed by atoms with Crippen LogP contribution in [0.25, 0.3) is 0 Å². The molecule has 22 heavy (non-hydrogen) atoms. The molecule has 0 spiro atoms. The third kappa shape index (κ3) is 4.33. The molecule has 1 aromatic carbocycles. The fourth-order valence-corrected chi connectivity index (χ4v) is 2.07. The van der Waals surface area contributed by atoms with Crippen molar-refractivity contribution < 1.29 is 9.59 Å². The van der Waals surface area contributed by atoms with Crippen molar-refractivity contribution in [1.29, 1.82) is 0 Å². The van der Waals surface area contributed by atoms with Crippen LogP contribution in [-0.4, -0.2) is 17.4 Å². The highest BCUT2D eigenvalue weighted by Gasteiger charge is 2.38. The molecule has 0 saturated heterocycles. The molecule has 0 atom stereocenters. The molecule has 122 valence electrons. The monoisotopic (exact) mass is 304 g/mol. The first-order valence-corrected chi connectivity index (χ1v) is 7.71. The van der Waals surface area contributed by atoms with Crippen molar-refractivity contribution in [2.45, 2.75) is 60.4 Å². The van der Waals surface area contributed by atoms with E-state index in [0.717, 1.165) is 23.2 Å². The molecule has 1 aromatic rings. The summed E-state index contributed by atoms with van der Waals surface area (Å²) in [6.07, 6.45) is 0.825. The molecule has 1 rings (SSSR count). The maximum Gasteiger partial charge on any atom is 0.239 e. The van der Waals surface area contributed by atoms with E-state index < -0.39 is 5.41 Å². The van der Waals surface area contributed by atoms with Crippen molar-refractivity contribution in [2.24, 2.45) is 5.41 Å². The Morgan fingerprint density at radius 2 is 1.64 bits per heavy atom. The van der Waals surface area contributed by atoms with Crippen LogP contribution < -0.4 is 10.6 Å². The topological polar surface area (TPSA) is 58.2 Å². The van der Waals surface area contributed by atoms with Gasteiger partial charge in [0, 0.05) is 11.2 Å². The summed E-state index contributed by atoms with van der Waals surface area (Å²) in [4.78, 5) is 25.0. The number of anilines is 1. The number of para-hydroxylation sites is 1. The van der Waals surface area contributed by atoms with E-state index in [0.29, 0.717) is 0 Å². The van der Waals surface area contributed by atoms with Crippen molar-refractivity contribution in [1.82, 2.24) is 5.32 Å². The highest BCUT2D eigenvalue weighted by Crippen LogP contribution is 2.25. The maximum atomic E-state index is 12.6. The lowest BCUT2D eigenvalue weighted by atomic mass is 9.89. The molecule has 0 aliphatic heterocycles. The van der Waals surface area contributed by atoms with Crippen molar-refractivity contribution >= 4 is 17.5 Å². The van der Waals surface area contributed by atoms with Gasteiger partial charge in [-0.1, -0.05) is 25.1 Å². The minimum atomic E-state index is -1.14. The lowest BCUT2D eigenvalue weighted by molar-refractivity contribution is -0.139. The van der Waals surface area contributed by atoms with E-state index in [9.17, 15) is 9.59 Å². The number of rotatable bonds is 4. The van der Waals surface area contributed by atoms with E-state index in [1.807, 2.05) is 52.8 Å². The molecule has 0 bridgehead atoms. The summed E-state index contributed by atoms with van der Waals surface area (Å²) < 4.78 is 0. The van der Waals surface area contributed by atoms with Gasteiger partial charge in [-0.15, -0.1) is 0 Å². The van der Waals surface area contributed by atoms with Gasteiger partial charge in [0.15, 0.2) is 0 Å². The number of amides is 2. The predicted octanol–water partition coefficient (Wildman–Crippen LogP) is 3.44. The number of hydrogen-bond donors (Lipinski definition) is 2. The number of hydrogen-bond acceptors (Lipinski definition) is 2. The summed E-state index contributed by atoms with van der Waals surface area (Å²) >= 11 is 0. The van der Waals surface area contributed by atoms with E-state index in [1.54, 1.807) is 13.8 Å². The summed E-state index contributed by atoms with van der Waals surface area (Å²) in [5, 5.41) is 5.81. The second-order valence-electron chi connectivity index (χ2n) is 7.25. The minimum absolute atomic E-state index is 0.274. The second-order valence-corrected chi connectivity index (χ2v) is 7.25. The van der Waals surface area contributed by atoms with Gasteiger partial charge in [0.25, 0.3) is 0 Å². The molecule has 0 unspecified atom stereocenters. The van der Waals surface area contributed by atoms with Crippen LogP contribution >= 0.6 is 0 Å². The first-order chi connectivity index (χ1) is 9.99. The summed E-state index contributed by atoms with van der Waals surface area (Å²) in [5.41, 5.74) is 1.37. The zero-order valence-electron chi connectivity index (χ0n) is 14.8. The zero-order valence-corrected chi connectivity index (χ0v) is 14.8. The van der Waals surface area contributed by atoms with Crippen molar-refractivity contribution in [3.63, 3.8) is 0 Å². The summed E-state index contributed by atoms with van der Waals surface area (Å²) in [5.74, 6) is -0.567. The first kappa shape index (κ1) is 18.2. The van der Waals surface area contributed by atoms with Crippen LogP contribution in [0, 0.1) is 12.3 Å². The molecule has 0 aliphatic carbocycles. The molecular weight excluding hydrogens is 276 g/mol. The van der Waals surface area contributed by atoms with Crippen LogP contribution in [0.5, 0.6) is 0 Å². The molecule has 2 N–H and O–H groups in total. The molecule has 0 radical (unpaired) electrons. The third-order valence-electron chi connectivity index (χ3n) is 3.60. The lowest BCUT2D eigenvalue weighted by Crippen LogP contribution is -2.51. The zero-order chi connectivity index (χ0) is 17.1. The summed E-state index contributed by atoms with van der Waals surface area (Å²) in [7, 11) is 0. The van der Waals surface area contributed by atoms with Gasteiger partial charge in [-0.05, 0) is 59.1 Å². The molecule has 2 amide bonds. The predicted molar refractivity (Wildman–Crippen MR) is 90.9 cm³/mol. The molecule has 0 fully saturated rings. The SMILES string of the molecule is CCc1cccc(C)c1NC(=O)C(C)(C)C(=O)NC(C)(C)C. The summed E-state index contributed by atoms with van der Waals surface area (Å²) in [6, 6.07) is 5.92. The number of aryl methyl sites for hydroxylation is 2. The lowest BCUT2D eigenvalue weighted by Gasteiger charge is -2.29. The Bertz CT molecular complexity index is 569. The van der Waals surface area contributed by atoms with Crippen LogP contribution in [0.2, 0.25) is 0 Å². The smallest absolute Gasteiger partial charge is 0.239 e. The normalized spacial score (nSPS) is 12.0. The van der Waals surface area contributed by atoms with Gasteiger partial charge < -0.3 is 10.6 Å². The molecule has 0 heterocycles. The maximum absolute atomic E-state index is 12.6. The van der Waals surface area contributed by atoms with Crippen LogP contribution in [0.4, 0.5) is 5.69 Å². The molecular formula is C18H28N2O2. The number of carbonyl (C=O) groups excluding carboxylic acids is 2. The van der Waals surface area contributed by atoms with Gasteiger partial charge in [-0.2, -0.15) is 0 Å². The van der Waals surface area contributed by atoms with E-state index >= 15 is 0 Å². The Morgan fingerprint density at radius 1 is 1.05 bits per heavy atom. The Hall–Kier alpha value is -1.84. The Labute approximate surface area is 133 Å². The average molecular weight is 304 g/mol. The molecule has 0 aromatic heterocycles. The van der Waals surface area contributed by atoms with E-state index in [-0.39, 0.29) is 17.4 Å². The largest absolute Gasteiger partial charge is 0.351 e. The summed E-state index contributed by atoms with van der Waals surface area (Å²) in [6.45, 7) is 13.0. The fraction of sp³-hybridized carbons (Fsp3) is 0.556. The third-order valence-corrected chi connectivity index (χ3v) is 3.60. The number of carbonyl (C=O) groups is 2. The van der Waals surface area contributed by atoms with E-state index in [4.69, 9.17) is 0 Å². The Morgan fingerprint density at radius 3 is 2.14 bits per heavy atom. The van der Waals surface area contributed by atoms with Crippen molar-refractivity contribution in [2.75, 3.05) is 5.32 Å². The highest BCUT2D eigenvalue weighted by atomic mass is 16.2. The number of nitrogens with one attached hydrogen (secondary N) is 2. The standard InChI is InChI=1S/C18H28N2O2/c1-8-13-11-9-10-12(2)14(13)19-15(21)18(6,7)16(22)20-17(3,4)5/h9-11H,8H2,1-7H3,(H,19,21)(H,20,22). The average Bonchev–Trinajstić information content (AvgIpc) is 2.38. The van der Waals surface area contributed by atoms with Crippen LogP contribution in [0.1, 0.15) is 52.7 Å². The molecule has 4 heteroatoms. The molecule has 4 nitrogen and oxygen atoms in total. The van der Waals surface area contributed by atoms with Crippen LogP contribution in [0.15, 0.2) is 18.2 Å². The minimum Gasteiger partial charge on any atom is -0.351 e.